The summed E-state index contributed by atoms with van der Waals surface area (Å²) in [6, 6.07) is 0. The molecular formula is C22H42O4. The van der Waals surface area contributed by atoms with E-state index in [1.165, 1.54) is 32.1 Å². The molecule has 0 aliphatic heterocycles. The summed E-state index contributed by atoms with van der Waals surface area (Å²) in [5.74, 6) is -0.714. The smallest absolute Gasteiger partial charge is 0.309 e. The summed E-state index contributed by atoms with van der Waals surface area (Å²) in [6.07, 6.45) is 10.9. The number of aliphatic carboxylic acids is 1. The number of rotatable bonds is 5. The van der Waals surface area contributed by atoms with Crippen LogP contribution in [0.25, 0.3) is 0 Å². The van der Waals surface area contributed by atoms with Gasteiger partial charge in [-0.1, -0.05) is 60.8 Å². The van der Waals surface area contributed by atoms with Crippen molar-refractivity contribution in [1.29, 1.82) is 0 Å². The first-order valence-electron chi connectivity index (χ1n) is 10.5. The van der Waals surface area contributed by atoms with Crippen molar-refractivity contribution in [2.75, 3.05) is 6.61 Å². The fraction of sp³-hybridized carbons (Fsp3) is 0.955. The van der Waals surface area contributed by atoms with Crippen LogP contribution in [-0.4, -0.2) is 22.9 Å². The Balaban J connectivity index is 0.000000273. The van der Waals surface area contributed by atoms with Crippen molar-refractivity contribution in [3.8, 4) is 0 Å². The summed E-state index contributed by atoms with van der Waals surface area (Å²) in [6.45, 7) is 13.7. The second-order valence-corrected chi connectivity index (χ2v) is 10.4. The molecule has 3 atom stereocenters. The summed E-state index contributed by atoms with van der Waals surface area (Å²) in [5.41, 5.74) is 0.442. The highest BCUT2D eigenvalue weighted by Crippen LogP contribution is 2.49. The molecule has 0 heterocycles. The molecule has 2 rings (SSSR count). The van der Waals surface area contributed by atoms with Gasteiger partial charge in [0.05, 0.1) is 12.0 Å². The first-order chi connectivity index (χ1) is 12.0. The van der Waals surface area contributed by atoms with Crippen LogP contribution in [0.5, 0.6) is 0 Å². The third kappa shape index (κ3) is 6.23. The molecule has 0 aromatic carbocycles. The molecule has 26 heavy (non-hydrogen) atoms. The maximum absolute atomic E-state index is 11.3. The normalized spacial score (nSPS) is 36.7. The minimum absolute atomic E-state index is 0.207. The van der Waals surface area contributed by atoms with Crippen molar-refractivity contribution in [1.82, 2.24) is 0 Å². The Hall–Kier alpha value is -0.610. The van der Waals surface area contributed by atoms with Crippen molar-refractivity contribution in [3.63, 3.8) is 0 Å². The molecule has 4 nitrogen and oxygen atoms in total. The molecular weight excluding hydrogens is 328 g/mol. The van der Waals surface area contributed by atoms with Gasteiger partial charge in [-0.2, -0.15) is 0 Å². The summed E-state index contributed by atoms with van der Waals surface area (Å²) >= 11 is 0. The molecule has 0 aromatic rings. The number of carbonyl (C=O) groups is 1. The van der Waals surface area contributed by atoms with Gasteiger partial charge in [-0.05, 0) is 61.2 Å². The SMILES string of the molecule is CCC1(C(=O)O)CCCC(C)(COO)C1.CCC1(C)CCCC(C)(C)C1. The van der Waals surface area contributed by atoms with Crippen molar-refractivity contribution in [2.24, 2.45) is 21.7 Å². The Morgan fingerprint density at radius 2 is 1.46 bits per heavy atom. The molecule has 0 aromatic heterocycles. The van der Waals surface area contributed by atoms with E-state index in [9.17, 15) is 9.90 Å². The van der Waals surface area contributed by atoms with Crippen LogP contribution in [0, 0.1) is 21.7 Å². The second kappa shape index (κ2) is 9.05. The number of hydrogen-bond acceptors (Lipinski definition) is 3. The second-order valence-electron chi connectivity index (χ2n) is 10.4. The van der Waals surface area contributed by atoms with E-state index in [2.05, 4.69) is 32.6 Å². The van der Waals surface area contributed by atoms with Crippen molar-refractivity contribution in [2.45, 2.75) is 106 Å². The van der Waals surface area contributed by atoms with E-state index in [1.807, 2.05) is 13.8 Å². The third-order valence-electron chi connectivity index (χ3n) is 7.14. The molecule has 2 fully saturated rings. The molecule has 0 spiro atoms. The maximum atomic E-state index is 11.3. The molecule has 2 aliphatic carbocycles. The molecule has 0 bridgehead atoms. The van der Waals surface area contributed by atoms with Crippen molar-refractivity contribution in [3.05, 3.63) is 0 Å². The highest BCUT2D eigenvalue weighted by Gasteiger charge is 2.46. The lowest BCUT2D eigenvalue weighted by atomic mass is 9.62. The molecule has 0 amide bonds. The summed E-state index contributed by atoms with van der Waals surface area (Å²) in [5, 5.41) is 17.8. The van der Waals surface area contributed by atoms with Gasteiger partial charge in [-0.25, -0.2) is 4.89 Å². The van der Waals surface area contributed by atoms with Crippen molar-refractivity contribution >= 4 is 5.97 Å². The van der Waals surface area contributed by atoms with Gasteiger partial charge in [0.25, 0.3) is 0 Å². The number of carboxylic acid groups (broad SMARTS) is 1. The van der Waals surface area contributed by atoms with Crippen LogP contribution in [0.3, 0.4) is 0 Å². The minimum atomic E-state index is -0.714. The van der Waals surface area contributed by atoms with E-state index in [-0.39, 0.29) is 12.0 Å². The van der Waals surface area contributed by atoms with Crippen LogP contribution in [0.1, 0.15) is 106 Å². The lowest BCUT2D eigenvalue weighted by molar-refractivity contribution is -0.266. The monoisotopic (exact) mass is 370 g/mol. The van der Waals surface area contributed by atoms with Gasteiger partial charge in [0, 0.05) is 0 Å². The average Bonchev–Trinajstić information content (AvgIpc) is 2.54. The number of carboxylic acids is 1. The minimum Gasteiger partial charge on any atom is -0.481 e. The molecule has 0 saturated heterocycles. The average molecular weight is 371 g/mol. The van der Waals surface area contributed by atoms with Gasteiger partial charge in [0.1, 0.15) is 0 Å². The van der Waals surface area contributed by atoms with Crippen LogP contribution in [-0.2, 0) is 9.68 Å². The lowest BCUT2D eigenvalue weighted by Gasteiger charge is -2.42. The van der Waals surface area contributed by atoms with E-state index in [0.717, 1.165) is 19.3 Å². The fourth-order valence-corrected chi connectivity index (χ4v) is 5.39. The van der Waals surface area contributed by atoms with Crippen LogP contribution in [0.4, 0.5) is 0 Å². The van der Waals surface area contributed by atoms with Crippen LogP contribution in [0.2, 0.25) is 0 Å². The van der Waals surface area contributed by atoms with Crippen LogP contribution in [0.15, 0.2) is 0 Å². The quantitative estimate of drug-likeness (QED) is 0.426. The topological polar surface area (TPSA) is 66.8 Å². The first kappa shape index (κ1) is 23.4. The van der Waals surface area contributed by atoms with Crippen LogP contribution >= 0.6 is 0 Å². The molecule has 2 saturated carbocycles. The molecule has 3 unspecified atom stereocenters. The summed E-state index contributed by atoms with van der Waals surface area (Å²) < 4.78 is 0. The van der Waals surface area contributed by atoms with Gasteiger partial charge in [-0.15, -0.1) is 0 Å². The van der Waals surface area contributed by atoms with E-state index >= 15 is 0 Å². The van der Waals surface area contributed by atoms with Gasteiger partial charge >= 0.3 is 5.97 Å². The van der Waals surface area contributed by atoms with E-state index < -0.39 is 11.4 Å². The Labute approximate surface area is 160 Å². The first-order valence-corrected chi connectivity index (χ1v) is 10.5. The van der Waals surface area contributed by atoms with Gasteiger partial charge in [-0.3, -0.25) is 10.1 Å². The predicted octanol–water partition coefficient (Wildman–Crippen LogP) is 6.54. The summed E-state index contributed by atoms with van der Waals surface area (Å²) in [4.78, 5) is 15.5. The van der Waals surface area contributed by atoms with Gasteiger partial charge in [0.15, 0.2) is 0 Å². The Morgan fingerprint density at radius 3 is 1.88 bits per heavy atom. The zero-order chi connectivity index (χ0) is 20.1. The van der Waals surface area contributed by atoms with Crippen LogP contribution < -0.4 is 0 Å². The number of hydrogen-bond donors (Lipinski definition) is 2. The highest BCUT2D eigenvalue weighted by molar-refractivity contribution is 5.74. The van der Waals surface area contributed by atoms with Gasteiger partial charge < -0.3 is 5.11 Å². The highest BCUT2D eigenvalue weighted by atomic mass is 17.1. The van der Waals surface area contributed by atoms with E-state index in [1.54, 1.807) is 0 Å². The van der Waals surface area contributed by atoms with Crippen molar-refractivity contribution < 1.29 is 20.0 Å². The zero-order valence-electron chi connectivity index (χ0n) is 18.0. The lowest BCUT2D eigenvalue weighted by Crippen LogP contribution is -2.42. The fourth-order valence-electron chi connectivity index (χ4n) is 5.39. The molecule has 4 heteroatoms. The predicted molar refractivity (Wildman–Crippen MR) is 106 cm³/mol. The molecule has 2 aliphatic rings. The third-order valence-corrected chi connectivity index (χ3v) is 7.14. The molecule has 0 radical (unpaired) electrons. The Bertz CT molecular complexity index is 457. The largest absolute Gasteiger partial charge is 0.481 e. The van der Waals surface area contributed by atoms with E-state index in [4.69, 9.17) is 5.26 Å². The van der Waals surface area contributed by atoms with E-state index in [0.29, 0.717) is 23.7 Å². The standard InChI is InChI=1S/C11H20O4.C11H22/c1-3-11(9(12)13)6-4-5-10(2,7-11)8-15-14;1-5-11(4)8-6-7-10(2,3)9-11/h14H,3-8H2,1-2H3,(H,12,13);5-9H2,1-4H3. The van der Waals surface area contributed by atoms with Gasteiger partial charge in [0.2, 0.25) is 0 Å². The molecule has 2 N–H and O–H groups in total. The molecule has 154 valence electrons. The summed E-state index contributed by atoms with van der Waals surface area (Å²) in [7, 11) is 0. The Morgan fingerprint density at radius 1 is 0.885 bits per heavy atom. The zero-order valence-corrected chi connectivity index (χ0v) is 18.0. The maximum Gasteiger partial charge on any atom is 0.309 e. The Kier molecular flexibility index (Phi) is 8.16.